The van der Waals surface area contributed by atoms with Gasteiger partial charge in [0.1, 0.15) is 0 Å². The predicted octanol–water partition coefficient (Wildman–Crippen LogP) is 2.20. The molecule has 156 valence electrons. The maximum Gasteiger partial charge on any atom is 0.336 e. The molecule has 1 aliphatic carbocycles. The van der Waals surface area contributed by atoms with Gasteiger partial charge in [-0.05, 0) is 30.9 Å². The Bertz CT molecular complexity index is 843. The van der Waals surface area contributed by atoms with Gasteiger partial charge in [0.15, 0.2) is 5.78 Å². The Morgan fingerprint density at radius 2 is 2.14 bits per heavy atom. The first-order valence-electron chi connectivity index (χ1n) is 10.00. The number of ether oxygens (including phenoxy) is 2. The van der Waals surface area contributed by atoms with Crippen molar-refractivity contribution in [3.63, 3.8) is 0 Å². The van der Waals surface area contributed by atoms with Crippen molar-refractivity contribution in [3.8, 4) is 0 Å². The summed E-state index contributed by atoms with van der Waals surface area (Å²) in [6, 6.07) is 5.51. The van der Waals surface area contributed by atoms with Gasteiger partial charge >= 0.3 is 5.97 Å². The van der Waals surface area contributed by atoms with E-state index in [1.165, 1.54) is 0 Å². The lowest BCUT2D eigenvalue weighted by atomic mass is 9.69. The van der Waals surface area contributed by atoms with Gasteiger partial charge in [-0.25, -0.2) is 4.79 Å². The smallest absolute Gasteiger partial charge is 0.336 e. The normalized spacial score (nSPS) is 21.0. The molecule has 2 aliphatic rings. The third kappa shape index (κ3) is 4.57. The quantitative estimate of drug-likeness (QED) is 0.535. The molecule has 7 heteroatoms. The van der Waals surface area contributed by atoms with Crippen molar-refractivity contribution < 1.29 is 19.1 Å². The number of Topliss-reactive ketones (excluding diaryl/α,β-unsaturated/α-hetero) is 1. The minimum atomic E-state index is -0.577. The molecule has 0 fully saturated rings. The molecule has 29 heavy (non-hydrogen) atoms. The molecule has 0 saturated carbocycles. The van der Waals surface area contributed by atoms with Crippen LogP contribution in [0.1, 0.15) is 45.2 Å². The monoisotopic (exact) mass is 399 g/mol. The lowest BCUT2D eigenvalue weighted by Gasteiger charge is -2.39. The topological polar surface area (TPSA) is 104 Å². The van der Waals surface area contributed by atoms with Gasteiger partial charge < -0.3 is 20.5 Å². The van der Waals surface area contributed by atoms with Crippen molar-refractivity contribution in [2.45, 2.75) is 39.5 Å². The molecule has 3 N–H and O–H groups in total. The number of hydrogen-bond acceptors (Lipinski definition) is 7. The second-order valence-electron chi connectivity index (χ2n) is 8.10. The fourth-order valence-corrected chi connectivity index (χ4v) is 4.01. The van der Waals surface area contributed by atoms with Crippen LogP contribution in [0.4, 0.5) is 0 Å². The second kappa shape index (κ2) is 8.88. The SMILES string of the molecule is CCOC(=O)C1=C(COCCN)NC2=C(C(=O)CC(C)(C)C2)C1c1ccccn1. The van der Waals surface area contributed by atoms with Gasteiger partial charge in [0.2, 0.25) is 0 Å². The van der Waals surface area contributed by atoms with Gasteiger partial charge in [0, 0.05) is 30.4 Å². The summed E-state index contributed by atoms with van der Waals surface area (Å²) >= 11 is 0. The molecule has 0 radical (unpaired) electrons. The minimum Gasteiger partial charge on any atom is -0.463 e. The van der Waals surface area contributed by atoms with Crippen LogP contribution in [0.5, 0.6) is 0 Å². The van der Waals surface area contributed by atoms with E-state index in [4.69, 9.17) is 15.2 Å². The summed E-state index contributed by atoms with van der Waals surface area (Å²) in [5, 5.41) is 3.33. The third-order valence-corrected chi connectivity index (χ3v) is 5.11. The number of nitrogens with two attached hydrogens (primary N) is 1. The van der Waals surface area contributed by atoms with Crippen molar-refractivity contribution in [2.24, 2.45) is 11.1 Å². The van der Waals surface area contributed by atoms with Crippen LogP contribution < -0.4 is 11.1 Å². The van der Waals surface area contributed by atoms with E-state index in [1.54, 1.807) is 13.1 Å². The number of carbonyl (C=O) groups is 2. The first kappa shape index (κ1) is 21.2. The van der Waals surface area contributed by atoms with Crippen LogP contribution in [0.25, 0.3) is 0 Å². The molecule has 3 rings (SSSR count). The number of esters is 1. The fourth-order valence-electron chi connectivity index (χ4n) is 4.01. The van der Waals surface area contributed by atoms with Crippen LogP contribution in [0.2, 0.25) is 0 Å². The Balaban J connectivity index is 2.14. The van der Waals surface area contributed by atoms with Crippen LogP contribution in [0.15, 0.2) is 46.9 Å². The minimum absolute atomic E-state index is 0.0307. The molecule has 2 heterocycles. The average Bonchev–Trinajstić information content (AvgIpc) is 2.67. The first-order valence-corrected chi connectivity index (χ1v) is 10.00. The largest absolute Gasteiger partial charge is 0.463 e. The molecule has 0 spiro atoms. The highest BCUT2D eigenvalue weighted by atomic mass is 16.5. The molecule has 1 atom stereocenters. The van der Waals surface area contributed by atoms with Crippen LogP contribution in [0, 0.1) is 5.41 Å². The van der Waals surface area contributed by atoms with E-state index in [1.807, 2.05) is 18.2 Å². The van der Waals surface area contributed by atoms with E-state index in [-0.39, 0.29) is 24.4 Å². The van der Waals surface area contributed by atoms with Crippen molar-refractivity contribution in [1.29, 1.82) is 0 Å². The molecule has 1 unspecified atom stereocenters. The Kier molecular flexibility index (Phi) is 6.49. The third-order valence-electron chi connectivity index (χ3n) is 5.11. The Morgan fingerprint density at radius 3 is 2.79 bits per heavy atom. The first-order chi connectivity index (χ1) is 13.9. The van der Waals surface area contributed by atoms with Gasteiger partial charge in [-0.1, -0.05) is 19.9 Å². The number of pyridine rings is 1. The van der Waals surface area contributed by atoms with Gasteiger partial charge in [0.05, 0.1) is 42.7 Å². The predicted molar refractivity (Wildman–Crippen MR) is 109 cm³/mol. The molecular weight excluding hydrogens is 370 g/mol. The second-order valence-corrected chi connectivity index (χ2v) is 8.10. The van der Waals surface area contributed by atoms with Crippen molar-refractivity contribution in [1.82, 2.24) is 10.3 Å². The Morgan fingerprint density at radius 1 is 1.34 bits per heavy atom. The number of rotatable bonds is 7. The van der Waals surface area contributed by atoms with Crippen LogP contribution >= 0.6 is 0 Å². The van der Waals surface area contributed by atoms with E-state index in [2.05, 4.69) is 24.1 Å². The molecular formula is C22H29N3O4. The number of nitrogens with one attached hydrogen (secondary N) is 1. The summed E-state index contributed by atoms with van der Waals surface area (Å²) in [7, 11) is 0. The summed E-state index contributed by atoms with van der Waals surface area (Å²) < 4.78 is 11.0. The zero-order chi connectivity index (χ0) is 21.0. The van der Waals surface area contributed by atoms with Crippen LogP contribution in [0.3, 0.4) is 0 Å². The van der Waals surface area contributed by atoms with E-state index >= 15 is 0 Å². The van der Waals surface area contributed by atoms with Crippen molar-refractivity contribution in [3.05, 3.63) is 52.6 Å². The molecule has 0 saturated heterocycles. The molecule has 0 aromatic carbocycles. The summed E-state index contributed by atoms with van der Waals surface area (Å²) in [6.07, 6.45) is 2.79. The van der Waals surface area contributed by atoms with Crippen molar-refractivity contribution in [2.75, 3.05) is 26.4 Å². The Labute approximate surface area is 171 Å². The van der Waals surface area contributed by atoms with Crippen molar-refractivity contribution >= 4 is 11.8 Å². The zero-order valence-electron chi connectivity index (χ0n) is 17.3. The maximum atomic E-state index is 13.2. The number of dihydropyridines is 1. The summed E-state index contributed by atoms with van der Waals surface area (Å²) in [5.41, 5.74) is 8.46. The molecule has 1 aromatic heterocycles. The molecule has 0 bridgehead atoms. The summed E-state index contributed by atoms with van der Waals surface area (Å²) in [5.74, 6) is -1.01. The molecule has 7 nitrogen and oxygen atoms in total. The number of nitrogens with zero attached hydrogens (tertiary/aromatic N) is 1. The highest BCUT2D eigenvalue weighted by Gasteiger charge is 2.44. The van der Waals surface area contributed by atoms with Gasteiger partial charge in [-0.3, -0.25) is 9.78 Å². The summed E-state index contributed by atoms with van der Waals surface area (Å²) in [4.78, 5) is 30.6. The number of allylic oxidation sites excluding steroid dienone is 2. The van der Waals surface area contributed by atoms with E-state index in [0.717, 1.165) is 5.70 Å². The number of aromatic nitrogens is 1. The van der Waals surface area contributed by atoms with E-state index in [0.29, 0.717) is 48.5 Å². The molecule has 1 aliphatic heterocycles. The fraction of sp³-hybridized carbons (Fsp3) is 0.500. The number of ketones is 1. The Hall–Kier alpha value is -2.51. The molecule has 0 amide bonds. The van der Waals surface area contributed by atoms with Gasteiger partial charge in [-0.15, -0.1) is 0 Å². The van der Waals surface area contributed by atoms with Gasteiger partial charge in [0.25, 0.3) is 0 Å². The standard InChI is InChI=1S/C22H29N3O4/c1-4-29-21(27)20-16(13-28-10-8-23)25-15-11-22(2,3)12-17(26)18(15)19(20)14-7-5-6-9-24-14/h5-7,9,19,25H,4,8,10-13,23H2,1-3H3. The van der Waals surface area contributed by atoms with Gasteiger partial charge in [-0.2, -0.15) is 0 Å². The number of hydrogen-bond donors (Lipinski definition) is 2. The lowest BCUT2D eigenvalue weighted by Crippen LogP contribution is -2.40. The van der Waals surface area contributed by atoms with E-state index in [9.17, 15) is 9.59 Å². The lowest BCUT2D eigenvalue weighted by molar-refractivity contribution is -0.139. The molecule has 1 aromatic rings. The maximum absolute atomic E-state index is 13.2. The number of carbonyl (C=O) groups excluding carboxylic acids is 2. The van der Waals surface area contributed by atoms with Crippen LogP contribution in [-0.2, 0) is 19.1 Å². The average molecular weight is 399 g/mol. The zero-order valence-corrected chi connectivity index (χ0v) is 17.3. The highest BCUT2D eigenvalue weighted by Crippen LogP contribution is 2.46. The highest BCUT2D eigenvalue weighted by molar-refractivity contribution is 6.04. The van der Waals surface area contributed by atoms with E-state index < -0.39 is 11.9 Å². The van der Waals surface area contributed by atoms with Crippen LogP contribution in [-0.4, -0.2) is 43.1 Å². The summed E-state index contributed by atoms with van der Waals surface area (Å²) in [6.45, 7) is 7.06.